The van der Waals surface area contributed by atoms with E-state index in [4.69, 9.17) is 5.11 Å². The van der Waals surface area contributed by atoms with Crippen LogP contribution in [0.1, 0.15) is 33.1 Å². The van der Waals surface area contributed by atoms with Crippen LogP contribution in [0, 0.1) is 11.8 Å². The molecule has 2 unspecified atom stereocenters. The zero-order chi connectivity index (χ0) is 16.2. The average molecular weight is 320 g/mol. The minimum Gasteiger partial charge on any atom is -0.480 e. The van der Waals surface area contributed by atoms with Crippen molar-refractivity contribution in [3.63, 3.8) is 0 Å². The van der Waals surface area contributed by atoms with E-state index in [1.807, 2.05) is 6.92 Å². The SMILES string of the molecule is CCC(C)C(NC(=O)C1CCN(S(C)(=O)=O)CC1)C(=O)O. The lowest BCUT2D eigenvalue weighted by atomic mass is 9.94. The molecule has 0 bridgehead atoms. The van der Waals surface area contributed by atoms with Crippen LogP contribution in [-0.2, 0) is 19.6 Å². The van der Waals surface area contributed by atoms with E-state index < -0.39 is 22.0 Å². The van der Waals surface area contributed by atoms with Gasteiger partial charge in [0, 0.05) is 19.0 Å². The van der Waals surface area contributed by atoms with Gasteiger partial charge in [-0.05, 0) is 18.8 Å². The van der Waals surface area contributed by atoms with Crippen LogP contribution in [0.15, 0.2) is 0 Å². The number of carboxylic acid groups (broad SMARTS) is 1. The van der Waals surface area contributed by atoms with Gasteiger partial charge in [0.25, 0.3) is 0 Å². The molecule has 2 N–H and O–H groups in total. The molecule has 1 heterocycles. The number of sulfonamides is 1. The van der Waals surface area contributed by atoms with E-state index in [0.29, 0.717) is 32.4 Å². The fraction of sp³-hybridized carbons (Fsp3) is 0.846. The van der Waals surface area contributed by atoms with E-state index in [2.05, 4.69) is 5.32 Å². The Kier molecular flexibility index (Phi) is 6.15. The third-order valence-electron chi connectivity index (χ3n) is 4.07. The molecule has 2 atom stereocenters. The maximum Gasteiger partial charge on any atom is 0.326 e. The molecule has 0 spiro atoms. The summed E-state index contributed by atoms with van der Waals surface area (Å²) in [5.41, 5.74) is 0. The molecule has 21 heavy (non-hydrogen) atoms. The van der Waals surface area contributed by atoms with Gasteiger partial charge in [0.05, 0.1) is 6.26 Å². The van der Waals surface area contributed by atoms with Gasteiger partial charge in [0.15, 0.2) is 0 Å². The molecular formula is C13H24N2O5S. The van der Waals surface area contributed by atoms with Crippen LogP contribution in [0.5, 0.6) is 0 Å². The number of aliphatic carboxylic acids is 1. The fourth-order valence-corrected chi connectivity index (χ4v) is 3.28. The van der Waals surface area contributed by atoms with Gasteiger partial charge < -0.3 is 10.4 Å². The van der Waals surface area contributed by atoms with Crippen molar-refractivity contribution in [2.24, 2.45) is 11.8 Å². The summed E-state index contributed by atoms with van der Waals surface area (Å²) in [6.07, 6.45) is 2.65. The van der Waals surface area contributed by atoms with Crippen molar-refractivity contribution in [2.45, 2.75) is 39.2 Å². The zero-order valence-electron chi connectivity index (χ0n) is 12.7. The highest BCUT2D eigenvalue weighted by Gasteiger charge is 2.32. The van der Waals surface area contributed by atoms with Crippen LogP contribution in [0.3, 0.4) is 0 Å². The first-order valence-electron chi connectivity index (χ1n) is 7.15. The number of piperidine rings is 1. The lowest BCUT2D eigenvalue weighted by Crippen LogP contribution is -2.49. The zero-order valence-corrected chi connectivity index (χ0v) is 13.5. The molecule has 0 aromatic carbocycles. The van der Waals surface area contributed by atoms with Crippen molar-refractivity contribution in [2.75, 3.05) is 19.3 Å². The quantitative estimate of drug-likeness (QED) is 0.731. The van der Waals surface area contributed by atoms with Gasteiger partial charge in [-0.3, -0.25) is 4.79 Å². The molecular weight excluding hydrogens is 296 g/mol. The van der Waals surface area contributed by atoms with E-state index in [-0.39, 0.29) is 17.7 Å². The first kappa shape index (κ1) is 17.9. The van der Waals surface area contributed by atoms with Crippen LogP contribution in [0.25, 0.3) is 0 Å². The largest absolute Gasteiger partial charge is 0.480 e. The topological polar surface area (TPSA) is 104 Å². The van der Waals surface area contributed by atoms with Crippen molar-refractivity contribution in [1.82, 2.24) is 9.62 Å². The predicted octanol–water partition coefficient (Wildman–Crippen LogP) is 0.274. The number of carboxylic acids is 1. The van der Waals surface area contributed by atoms with Gasteiger partial charge >= 0.3 is 5.97 Å². The number of carbonyl (C=O) groups is 2. The smallest absolute Gasteiger partial charge is 0.326 e. The van der Waals surface area contributed by atoms with Gasteiger partial charge in [-0.25, -0.2) is 17.5 Å². The summed E-state index contributed by atoms with van der Waals surface area (Å²) in [4.78, 5) is 23.3. The monoisotopic (exact) mass is 320 g/mol. The molecule has 1 fully saturated rings. The number of rotatable bonds is 6. The summed E-state index contributed by atoms with van der Waals surface area (Å²) in [5, 5.41) is 11.8. The van der Waals surface area contributed by atoms with Gasteiger partial charge in [0.1, 0.15) is 6.04 Å². The van der Waals surface area contributed by atoms with E-state index in [0.717, 1.165) is 6.26 Å². The maximum atomic E-state index is 12.1. The Balaban J connectivity index is 2.59. The molecule has 0 saturated carbocycles. The third-order valence-corrected chi connectivity index (χ3v) is 5.37. The first-order chi connectivity index (χ1) is 9.66. The molecule has 1 amide bonds. The second kappa shape index (κ2) is 7.22. The predicted molar refractivity (Wildman–Crippen MR) is 78.2 cm³/mol. The molecule has 1 aliphatic rings. The minimum atomic E-state index is -3.22. The lowest BCUT2D eigenvalue weighted by Gasteiger charge is -2.30. The number of nitrogens with zero attached hydrogens (tertiary/aromatic N) is 1. The Morgan fingerprint density at radius 2 is 1.86 bits per heavy atom. The maximum absolute atomic E-state index is 12.1. The van der Waals surface area contributed by atoms with Crippen molar-refractivity contribution in [1.29, 1.82) is 0 Å². The summed E-state index contributed by atoms with van der Waals surface area (Å²) in [5.74, 6) is -1.81. The van der Waals surface area contributed by atoms with Crippen molar-refractivity contribution >= 4 is 21.9 Å². The summed E-state index contributed by atoms with van der Waals surface area (Å²) >= 11 is 0. The Bertz CT molecular complexity index is 483. The van der Waals surface area contributed by atoms with Crippen LogP contribution >= 0.6 is 0 Å². The van der Waals surface area contributed by atoms with Gasteiger partial charge in [-0.1, -0.05) is 20.3 Å². The summed E-state index contributed by atoms with van der Waals surface area (Å²) in [6, 6.07) is -0.893. The summed E-state index contributed by atoms with van der Waals surface area (Å²) in [7, 11) is -3.22. The molecule has 0 radical (unpaired) electrons. The highest BCUT2D eigenvalue weighted by molar-refractivity contribution is 7.88. The van der Waals surface area contributed by atoms with Crippen molar-refractivity contribution < 1.29 is 23.1 Å². The molecule has 122 valence electrons. The van der Waals surface area contributed by atoms with Crippen molar-refractivity contribution in [3.8, 4) is 0 Å². The summed E-state index contributed by atoms with van der Waals surface area (Å²) < 4.78 is 24.2. The van der Waals surface area contributed by atoms with Crippen molar-refractivity contribution in [3.05, 3.63) is 0 Å². The third kappa shape index (κ3) is 4.96. The van der Waals surface area contributed by atoms with E-state index in [9.17, 15) is 18.0 Å². The normalized spacial score (nSPS) is 20.7. The Hall–Kier alpha value is -1.15. The highest BCUT2D eigenvalue weighted by Crippen LogP contribution is 2.20. The van der Waals surface area contributed by atoms with Gasteiger partial charge in [0.2, 0.25) is 15.9 Å². The van der Waals surface area contributed by atoms with E-state index in [1.54, 1.807) is 6.92 Å². The van der Waals surface area contributed by atoms with Gasteiger partial charge in [-0.15, -0.1) is 0 Å². The molecule has 0 aliphatic carbocycles. The summed E-state index contributed by atoms with van der Waals surface area (Å²) in [6.45, 7) is 4.26. The fourth-order valence-electron chi connectivity index (χ4n) is 2.40. The Labute approximate surface area is 125 Å². The molecule has 0 aromatic heterocycles. The molecule has 8 heteroatoms. The number of nitrogens with one attached hydrogen (secondary N) is 1. The van der Waals surface area contributed by atoms with Crippen LogP contribution in [-0.4, -0.2) is 55.1 Å². The minimum absolute atomic E-state index is 0.150. The first-order valence-corrected chi connectivity index (χ1v) is 9.00. The molecule has 1 saturated heterocycles. The van der Waals surface area contributed by atoms with Crippen LogP contribution < -0.4 is 5.32 Å². The standard InChI is InChI=1S/C13H24N2O5S/c1-4-9(2)11(13(17)18)14-12(16)10-5-7-15(8-6-10)21(3,19)20/h9-11H,4-8H2,1-3H3,(H,14,16)(H,17,18). The molecule has 7 nitrogen and oxygen atoms in total. The molecule has 0 aromatic rings. The van der Waals surface area contributed by atoms with Crippen LogP contribution in [0.4, 0.5) is 0 Å². The number of carbonyl (C=O) groups excluding carboxylic acids is 1. The highest BCUT2D eigenvalue weighted by atomic mass is 32.2. The average Bonchev–Trinajstić information content (AvgIpc) is 2.42. The lowest BCUT2D eigenvalue weighted by molar-refractivity contribution is -0.144. The molecule has 1 rings (SSSR count). The van der Waals surface area contributed by atoms with Crippen LogP contribution in [0.2, 0.25) is 0 Å². The van der Waals surface area contributed by atoms with E-state index in [1.165, 1.54) is 4.31 Å². The second-order valence-corrected chi connectivity index (χ2v) is 7.63. The van der Waals surface area contributed by atoms with E-state index >= 15 is 0 Å². The Morgan fingerprint density at radius 1 is 1.33 bits per heavy atom. The number of hydrogen-bond acceptors (Lipinski definition) is 4. The van der Waals surface area contributed by atoms with Gasteiger partial charge in [-0.2, -0.15) is 0 Å². The molecule has 1 aliphatic heterocycles. The Morgan fingerprint density at radius 3 is 2.24 bits per heavy atom. The second-order valence-electron chi connectivity index (χ2n) is 5.65. The number of amides is 1. The number of hydrogen-bond donors (Lipinski definition) is 2.